The van der Waals surface area contributed by atoms with E-state index in [1.807, 2.05) is 24.3 Å². The number of carbonyl (C=O) groups excluding carboxylic acids is 1. The summed E-state index contributed by atoms with van der Waals surface area (Å²) < 4.78 is 0. The Kier molecular flexibility index (Phi) is 4.99. The molecule has 3 nitrogen and oxygen atoms in total. The highest BCUT2D eigenvalue weighted by Crippen LogP contribution is 2.16. The average Bonchev–Trinajstić information content (AvgIpc) is 2.56. The van der Waals surface area contributed by atoms with Crippen LogP contribution in [-0.4, -0.2) is 32.0 Å². The molecule has 0 saturated carbocycles. The number of quaternary nitrogens is 1. The average molecular weight is 330 g/mol. The molecule has 0 unspecified atom stereocenters. The molecule has 1 aliphatic heterocycles. The smallest absolute Gasteiger partial charge is 0.159 e. The maximum absolute atomic E-state index is 11.3. The first-order valence-corrected chi connectivity index (χ1v) is 8.43. The molecule has 2 aromatic rings. The number of nitrogens with one attached hydrogen (secondary N) is 1. The standard InChI is InChI=1S/C19H21ClN2O/c1-15(23)17-5-7-19(8-6-17)22-11-9-21(10-12-22)14-16-3-2-4-18(20)13-16/h2-8,13H,9-12,14H2,1H3/p+1. The van der Waals surface area contributed by atoms with E-state index in [1.54, 1.807) is 11.8 Å². The molecule has 120 valence electrons. The zero-order valence-corrected chi connectivity index (χ0v) is 14.1. The van der Waals surface area contributed by atoms with Crippen molar-refractivity contribution in [3.8, 4) is 0 Å². The molecule has 0 aliphatic carbocycles. The quantitative estimate of drug-likeness (QED) is 0.872. The van der Waals surface area contributed by atoms with Crippen molar-refractivity contribution in [2.24, 2.45) is 0 Å². The third kappa shape index (κ3) is 4.12. The van der Waals surface area contributed by atoms with Gasteiger partial charge in [-0.2, -0.15) is 0 Å². The first-order valence-electron chi connectivity index (χ1n) is 8.06. The number of nitrogens with zero attached hydrogens (tertiary/aromatic N) is 1. The highest BCUT2D eigenvalue weighted by Gasteiger charge is 2.20. The van der Waals surface area contributed by atoms with Gasteiger partial charge in [0.25, 0.3) is 0 Å². The molecule has 2 aromatic carbocycles. The highest BCUT2D eigenvalue weighted by atomic mass is 35.5. The molecule has 23 heavy (non-hydrogen) atoms. The summed E-state index contributed by atoms with van der Waals surface area (Å²) in [7, 11) is 0. The molecule has 4 heteroatoms. The van der Waals surface area contributed by atoms with Gasteiger partial charge in [-0.05, 0) is 43.3 Å². The lowest BCUT2D eigenvalue weighted by Crippen LogP contribution is -3.13. The van der Waals surface area contributed by atoms with Crippen molar-refractivity contribution in [1.29, 1.82) is 0 Å². The molecular formula is C19H22ClN2O+. The summed E-state index contributed by atoms with van der Waals surface area (Å²) in [5.41, 5.74) is 3.28. The van der Waals surface area contributed by atoms with Gasteiger partial charge in [-0.3, -0.25) is 4.79 Å². The minimum Gasteiger partial charge on any atom is -0.360 e. The third-order valence-corrected chi connectivity index (χ3v) is 4.69. The fourth-order valence-corrected chi connectivity index (χ4v) is 3.31. The van der Waals surface area contributed by atoms with Gasteiger partial charge in [0.2, 0.25) is 0 Å². The number of hydrogen-bond acceptors (Lipinski definition) is 2. The van der Waals surface area contributed by atoms with Crippen molar-refractivity contribution >= 4 is 23.1 Å². The van der Waals surface area contributed by atoms with Crippen LogP contribution in [0.15, 0.2) is 48.5 Å². The van der Waals surface area contributed by atoms with Crippen LogP contribution in [0, 0.1) is 0 Å². The maximum Gasteiger partial charge on any atom is 0.159 e. The number of hydrogen-bond donors (Lipinski definition) is 1. The van der Waals surface area contributed by atoms with Crippen molar-refractivity contribution in [1.82, 2.24) is 0 Å². The van der Waals surface area contributed by atoms with E-state index in [1.165, 1.54) is 11.3 Å². The third-order valence-electron chi connectivity index (χ3n) is 4.45. The highest BCUT2D eigenvalue weighted by molar-refractivity contribution is 6.30. The number of ketones is 1. The second-order valence-corrected chi connectivity index (χ2v) is 6.58. The Morgan fingerprint density at radius 2 is 1.83 bits per heavy atom. The van der Waals surface area contributed by atoms with Crippen molar-refractivity contribution in [3.05, 3.63) is 64.7 Å². The lowest BCUT2D eigenvalue weighted by atomic mass is 10.1. The van der Waals surface area contributed by atoms with E-state index in [-0.39, 0.29) is 5.78 Å². The lowest BCUT2D eigenvalue weighted by Gasteiger charge is -2.33. The Bertz CT molecular complexity index is 676. The van der Waals surface area contributed by atoms with E-state index in [4.69, 9.17) is 11.6 Å². The van der Waals surface area contributed by atoms with Crippen LogP contribution in [0.3, 0.4) is 0 Å². The van der Waals surface area contributed by atoms with Crippen LogP contribution < -0.4 is 9.80 Å². The summed E-state index contributed by atoms with van der Waals surface area (Å²) >= 11 is 6.06. The van der Waals surface area contributed by atoms with Crippen LogP contribution in [-0.2, 0) is 6.54 Å². The Hall–Kier alpha value is -1.84. The first-order chi connectivity index (χ1) is 11.1. The molecule has 1 heterocycles. The Morgan fingerprint density at radius 1 is 1.13 bits per heavy atom. The molecule has 1 fully saturated rings. The van der Waals surface area contributed by atoms with Gasteiger partial charge in [0, 0.05) is 21.8 Å². The molecule has 1 N–H and O–H groups in total. The summed E-state index contributed by atoms with van der Waals surface area (Å²) in [6.07, 6.45) is 0. The van der Waals surface area contributed by atoms with Gasteiger partial charge in [0.1, 0.15) is 6.54 Å². The number of carbonyl (C=O) groups is 1. The number of anilines is 1. The first kappa shape index (κ1) is 16.0. The second-order valence-electron chi connectivity index (χ2n) is 6.15. The summed E-state index contributed by atoms with van der Waals surface area (Å²) in [5, 5.41) is 0.811. The summed E-state index contributed by atoms with van der Waals surface area (Å²) in [6, 6.07) is 16.1. The van der Waals surface area contributed by atoms with E-state index in [0.717, 1.165) is 43.3 Å². The van der Waals surface area contributed by atoms with Crippen LogP contribution in [0.5, 0.6) is 0 Å². The van der Waals surface area contributed by atoms with Crippen LogP contribution in [0.4, 0.5) is 5.69 Å². The van der Waals surface area contributed by atoms with Gasteiger partial charge >= 0.3 is 0 Å². The number of Topliss-reactive ketones (excluding diaryl/α,β-unsaturated/α-hetero) is 1. The molecule has 1 saturated heterocycles. The maximum atomic E-state index is 11.3. The Balaban J connectivity index is 1.56. The number of halogens is 1. The van der Waals surface area contributed by atoms with Crippen LogP contribution in [0.1, 0.15) is 22.8 Å². The summed E-state index contributed by atoms with van der Waals surface area (Å²) in [6.45, 7) is 6.93. The van der Waals surface area contributed by atoms with E-state index in [9.17, 15) is 4.79 Å². The van der Waals surface area contributed by atoms with Crippen LogP contribution >= 0.6 is 11.6 Å². The molecule has 0 spiro atoms. The van der Waals surface area contributed by atoms with E-state index < -0.39 is 0 Å². The van der Waals surface area contributed by atoms with E-state index >= 15 is 0 Å². The number of piperazine rings is 1. The number of rotatable bonds is 4. The van der Waals surface area contributed by atoms with Crippen molar-refractivity contribution in [3.63, 3.8) is 0 Å². The largest absolute Gasteiger partial charge is 0.360 e. The molecule has 0 aromatic heterocycles. The summed E-state index contributed by atoms with van der Waals surface area (Å²) in [5.74, 6) is 0.118. The summed E-state index contributed by atoms with van der Waals surface area (Å²) in [4.78, 5) is 15.3. The predicted octanol–water partition coefficient (Wildman–Crippen LogP) is 2.45. The van der Waals surface area contributed by atoms with Crippen LogP contribution in [0.25, 0.3) is 0 Å². The predicted molar refractivity (Wildman–Crippen MR) is 94.5 cm³/mol. The van der Waals surface area contributed by atoms with Crippen molar-refractivity contribution < 1.29 is 9.69 Å². The molecule has 0 bridgehead atoms. The molecule has 0 radical (unpaired) electrons. The minimum atomic E-state index is 0.118. The van der Waals surface area contributed by atoms with Gasteiger partial charge in [0.15, 0.2) is 5.78 Å². The monoisotopic (exact) mass is 329 g/mol. The number of benzene rings is 2. The molecule has 3 rings (SSSR count). The normalized spacial score (nSPS) is 15.7. The Morgan fingerprint density at radius 3 is 2.43 bits per heavy atom. The van der Waals surface area contributed by atoms with E-state index in [0.29, 0.717) is 0 Å². The molecule has 1 aliphatic rings. The lowest BCUT2D eigenvalue weighted by molar-refractivity contribution is -0.914. The topological polar surface area (TPSA) is 24.8 Å². The van der Waals surface area contributed by atoms with Gasteiger partial charge in [-0.15, -0.1) is 0 Å². The second kappa shape index (κ2) is 7.16. The SMILES string of the molecule is CC(=O)c1ccc(N2CC[NH+](Cc3cccc(Cl)c3)CC2)cc1. The van der Waals surface area contributed by atoms with Gasteiger partial charge in [-0.25, -0.2) is 0 Å². The van der Waals surface area contributed by atoms with Gasteiger partial charge in [-0.1, -0.05) is 23.7 Å². The minimum absolute atomic E-state index is 0.118. The molecule has 0 atom stereocenters. The van der Waals surface area contributed by atoms with Gasteiger partial charge < -0.3 is 9.80 Å². The Labute approximate surface area is 142 Å². The zero-order valence-electron chi connectivity index (χ0n) is 13.4. The fraction of sp³-hybridized carbons (Fsp3) is 0.316. The molecule has 0 amide bonds. The molecular weight excluding hydrogens is 308 g/mol. The fourth-order valence-electron chi connectivity index (χ4n) is 3.10. The van der Waals surface area contributed by atoms with Gasteiger partial charge in [0.05, 0.1) is 26.2 Å². The van der Waals surface area contributed by atoms with Crippen LogP contribution in [0.2, 0.25) is 5.02 Å². The van der Waals surface area contributed by atoms with Crippen molar-refractivity contribution in [2.75, 3.05) is 31.1 Å². The van der Waals surface area contributed by atoms with E-state index in [2.05, 4.69) is 29.2 Å². The zero-order chi connectivity index (χ0) is 16.2. The van der Waals surface area contributed by atoms with Crippen molar-refractivity contribution in [2.45, 2.75) is 13.5 Å².